The molecule has 2 aromatic rings. The molecule has 0 bridgehead atoms. The maximum Gasteiger partial charge on any atom is 0.191 e. The number of hydrogen-bond acceptors (Lipinski definition) is 5. The fourth-order valence-electron chi connectivity index (χ4n) is 3.60. The van der Waals surface area contributed by atoms with Gasteiger partial charge in [0.2, 0.25) is 0 Å². The molecule has 168 valence electrons. The molecule has 7 nitrogen and oxygen atoms in total. The zero-order chi connectivity index (χ0) is 21.9. The lowest BCUT2D eigenvalue weighted by atomic mass is 10.1. The Hall–Kier alpha value is -2.77. The molecule has 0 aliphatic carbocycles. The standard InChI is InChI=1S/C24H34N4O3/c1-25-24(27-20-12-14-28(15-13-20)16-17-29-2)26-18-19-8-10-21(11-9-19)31-23-7-5-4-6-22(23)30-3/h4-11,20H,12-18H2,1-3H3,(H2,25,26,27). The van der Waals surface area contributed by atoms with Gasteiger partial charge in [0.15, 0.2) is 17.5 Å². The SMILES string of the molecule is CN=C(NCc1ccc(Oc2ccccc2OC)cc1)NC1CCN(CCOC)CC1. The zero-order valence-corrected chi connectivity index (χ0v) is 18.8. The molecule has 1 heterocycles. The maximum absolute atomic E-state index is 5.94. The van der Waals surface area contributed by atoms with Gasteiger partial charge in [0, 0.05) is 46.4 Å². The van der Waals surface area contributed by atoms with Crippen LogP contribution in [-0.4, -0.2) is 64.4 Å². The van der Waals surface area contributed by atoms with E-state index in [9.17, 15) is 0 Å². The second-order valence-corrected chi connectivity index (χ2v) is 7.58. The van der Waals surface area contributed by atoms with Crippen molar-refractivity contribution < 1.29 is 14.2 Å². The van der Waals surface area contributed by atoms with Crippen molar-refractivity contribution in [3.8, 4) is 17.2 Å². The summed E-state index contributed by atoms with van der Waals surface area (Å²) >= 11 is 0. The van der Waals surface area contributed by atoms with Crippen LogP contribution in [0.3, 0.4) is 0 Å². The normalized spacial score (nSPS) is 15.5. The van der Waals surface area contributed by atoms with Gasteiger partial charge in [-0.15, -0.1) is 0 Å². The van der Waals surface area contributed by atoms with Crippen LogP contribution >= 0.6 is 0 Å². The number of para-hydroxylation sites is 2. The number of piperidine rings is 1. The molecule has 2 N–H and O–H groups in total. The fraction of sp³-hybridized carbons (Fsp3) is 0.458. The van der Waals surface area contributed by atoms with E-state index in [1.165, 1.54) is 0 Å². The van der Waals surface area contributed by atoms with Crippen molar-refractivity contribution in [1.29, 1.82) is 0 Å². The third kappa shape index (κ3) is 7.15. The molecule has 0 spiro atoms. The van der Waals surface area contributed by atoms with Crippen molar-refractivity contribution in [3.63, 3.8) is 0 Å². The minimum atomic E-state index is 0.446. The first-order valence-corrected chi connectivity index (χ1v) is 10.8. The molecule has 1 fully saturated rings. The molecule has 0 amide bonds. The highest BCUT2D eigenvalue weighted by Crippen LogP contribution is 2.30. The zero-order valence-electron chi connectivity index (χ0n) is 18.8. The lowest BCUT2D eigenvalue weighted by molar-refractivity contribution is 0.128. The first kappa shape index (κ1) is 22.9. The van der Waals surface area contributed by atoms with E-state index in [1.54, 1.807) is 14.2 Å². The average molecular weight is 427 g/mol. The van der Waals surface area contributed by atoms with Gasteiger partial charge in [-0.25, -0.2) is 0 Å². The highest BCUT2D eigenvalue weighted by molar-refractivity contribution is 5.79. The number of likely N-dealkylation sites (tertiary alicyclic amines) is 1. The lowest BCUT2D eigenvalue weighted by Crippen LogP contribution is -2.48. The minimum absolute atomic E-state index is 0.446. The number of rotatable bonds is 9. The number of aliphatic imine (C=N–C) groups is 1. The van der Waals surface area contributed by atoms with Crippen molar-refractivity contribution in [3.05, 3.63) is 54.1 Å². The van der Waals surface area contributed by atoms with Gasteiger partial charge in [0.1, 0.15) is 5.75 Å². The molecule has 1 saturated heterocycles. The monoisotopic (exact) mass is 426 g/mol. The Morgan fingerprint density at radius 2 is 1.74 bits per heavy atom. The van der Waals surface area contributed by atoms with Crippen molar-refractivity contribution in [2.75, 3.05) is 47.5 Å². The number of methoxy groups -OCH3 is 2. The Morgan fingerprint density at radius 3 is 2.39 bits per heavy atom. The van der Waals surface area contributed by atoms with E-state index in [1.807, 2.05) is 43.4 Å². The molecule has 0 atom stereocenters. The molecule has 0 radical (unpaired) electrons. The van der Waals surface area contributed by atoms with Gasteiger partial charge in [-0.1, -0.05) is 24.3 Å². The minimum Gasteiger partial charge on any atom is -0.493 e. The summed E-state index contributed by atoms with van der Waals surface area (Å²) in [6.45, 7) is 4.68. The maximum atomic E-state index is 5.94. The molecule has 2 aromatic carbocycles. The number of nitrogens with one attached hydrogen (secondary N) is 2. The molecule has 0 saturated carbocycles. The lowest BCUT2D eigenvalue weighted by Gasteiger charge is -2.32. The van der Waals surface area contributed by atoms with Crippen molar-refractivity contribution in [2.24, 2.45) is 4.99 Å². The Morgan fingerprint density at radius 1 is 1.03 bits per heavy atom. The van der Waals surface area contributed by atoms with Crippen LogP contribution in [0.15, 0.2) is 53.5 Å². The number of guanidine groups is 1. The summed E-state index contributed by atoms with van der Waals surface area (Å²) in [4.78, 5) is 6.83. The van der Waals surface area contributed by atoms with E-state index in [2.05, 4.69) is 32.7 Å². The second kappa shape index (κ2) is 12.2. The van der Waals surface area contributed by atoms with Crippen LogP contribution in [0.1, 0.15) is 18.4 Å². The summed E-state index contributed by atoms with van der Waals surface area (Å²) in [6, 6.07) is 16.1. The van der Waals surface area contributed by atoms with Crippen LogP contribution in [0.4, 0.5) is 0 Å². The van der Waals surface area contributed by atoms with Gasteiger partial charge in [0.05, 0.1) is 13.7 Å². The number of benzene rings is 2. The summed E-state index contributed by atoms with van der Waals surface area (Å²) < 4.78 is 16.5. The van der Waals surface area contributed by atoms with Gasteiger partial charge in [-0.2, -0.15) is 0 Å². The van der Waals surface area contributed by atoms with Gasteiger partial charge in [0.25, 0.3) is 0 Å². The fourth-order valence-corrected chi connectivity index (χ4v) is 3.60. The van der Waals surface area contributed by atoms with Crippen molar-refractivity contribution in [1.82, 2.24) is 15.5 Å². The number of nitrogens with zero attached hydrogens (tertiary/aromatic N) is 2. The molecule has 1 aliphatic heterocycles. The van der Waals surface area contributed by atoms with E-state index in [4.69, 9.17) is 14.2 Å². The summed E-state index contributed by atoms with van der Waals surface area (Å²) in [6.07, 6.45) is 2.22. The highest BCUT2D eigenvalue weighted by Gasteiger charge is 2.19. The van der Waals surface area contributed by atoms with Gasteiger partial charge >= 0.3 is 0 Å². The van der Waals surface area contributed by atoms with Crippen LogP contribution in [0.2, 0.25) is 0 Å². The summed E-state index contributed by atoms with van der Waals surface area (Å²) in [5.74, 6) is 3.03. The number of ether oxygens (including phenoxy) is 3. The molecule has 1 aliphatic rings. The van der Waals surface area contributed by atoms with Crippen molar-refractivity contribution >= 4 is 5.96 Å². The first-order chi connectivity index (χ1) is 15.2. The molecule has 0 aromatic heterocycles. The predicted molar refractivity (Wildman–Crippen MR) is 124 cm³/mol. The molecule has 31 heavy (non-hydrogen) atoms. The first-order valence-electron chi connectivity index (χ1n) is 10.8. The summed E-state index contributed by atoms with van der Waals surface area (Å²) in [7, 11) is 5.21. The van der Waals surface area contributed by atoms with Crippen LogP contribution in [0, 0.1) is 0 Å². The Balaban J connectivity index is 1.44. The van der Waals surface area contributed by atoms with Crippen LogP contribution < -0.4 is 20.1 Å². The summed E-state index contributed by atoms with van der Waals surface area (Å²) in [5.41, 5.74) is 1.16. The van der Waals surface area contributed by atoms with E-state index in [0.29, 0.717) is 24.1 Å². The quantitative estimate of drug-likeness (QED) is 0.474. The average Bonchev–Trinajstić information content (AvgIpc) is 2.82. The third-order valence-corrected chi connectivity index (χ3v) is 5.44. The second-order valence-electron chi connectivity index (χ2n) is 7.58. The smallest absolute Gasteiger partial charge is 0.191 e. The molecule has 0 unspecified atom stereocenters. The molecule has 7 heteroatoms. The van der Waals surface area contributed by atoms with E-state index in [-0.39, 0.29) is 0 Å². The highest BCUT2D eigenvalue weighted by atomic mass is 16.5. The van der Waals surface area contributed by atoms with Crippen LogP contribution in [0.5, 0.6) is 17.2 Å². The Kier molecular flexibility index (Phi) is 8.99. The van der Waals surface area contributed by atoms with E-state index < -0.39 is 0 Å². The van der Waals surface area contributed by atoms with Crippen LogP contribution in [-0.2, 0) is 11.3 Å². The number of hydrogen-bond donors (Lipinski definition) is 2. The van der Waals surface area contributed by atoms with Crippen LogP contribution in [0.25, 0.3) is 0 Å². The Bertz CT molecular complexity index is 818. The Labute approximate surface area is 185 Å². The largest absolute Gasteiger partial charge is 0.493 e. The topological polar surface area (TPSA) is 67.4 Å². The van der Waals surface area contributed by atoms with Gasteiger partial charge in [-0.3, -0.25) is 4.99 Å². The molecular weight excluding hydrogens is 392 g/mol. The van der Waals surface area contributed by atoms with E-state index >= 15 is 0 Å². The van der Waals surface area contributed by atoms with Gasteiger partial charge in [-0.05, 0) is 42.7 Å². The summed E-state index contributed by atoms with van der Waals surface area (Å²) in [5, 5.41) is 6.96. The van der Waals surface area contributed by atoms with Gasteiger partial charge < -0.3 is 29.7 Å². The molecular formula is C24H34N4O3. The van der Waals surface area contributed by atoms with Crippen molar-refractivity contribution in [2.45, 2.75) is 25.4 Å². The third-order valence-electron chi connectivity index (χ3n) is 5.44. The molecule has 3 rings (SSSR count). The van der Waals surface area contributed by atoms with E-state index in [0.717, 1.165) is 56.4 Å². The predicted octanol–water partition coefficient (Wildman–Crippen LogP) is 3.26.